The molecule has 0 spiro atoms. The van der Waals surface area contributed by atoms with Gasteiger partial charge in [-0.05, 0) is 37.1 Å². The predicted molar refractivity (Wildman–Crippen MR) is 107 cm³/mol. The van der Waals surface area contributed by atoms with Crippen molar-refractivity contribution in [3.05, 3.63) is 54.6 Å². The molecule has 1 N–H and O–H groups in total. The third-order valence-electron chi connectivity index (χ3n) is 5.28. The number of sulfonamides is 1. The Hall–Kier alpha value is -2.58. The minimum Gasteiger partial charge on any atom is -0.486 e. The van der Waals surface area contributed by atoms with Gasteiger partial charge in [0.2, 0.25) is 15.9 Å². The number of hydrogen-bond donors (Lipinski definition) is 1. The number of nitrogens with zero attached hydrogens (tertiary/aromatic N) is 1. The maximum absolute atomic E-state index is 12.7. The first-order chi connectivity index (χ1) is 14.0. The highest BCUT2D eigenvalue weighted by atomic mass is 32.2. The summed E-state index contributed by atoms with van der Waals surface area (Å²) in [5, 5.41) is 2.93. The smallest absolute Gasteiger partial charge is 0.243 e. The molecular weight excluding hydrogens is 392 g/mol. The second kappa shape index (κ2) is 8.42. The van der Waals surface area contributed by atoms with Crippen LogP contribution in [0.15, 0.2) is 59.5 Å². The molecule has 1 fully saturated rings. The molecule has 0 radical (unpaired) electrons. The molecule has 4 rings (SSSR count). The summed E-state index contributed by atoms with van der Waals surface area (Å²) in [7, 11) is -3.50. The van der Waals surface area contributed by atoms with Crippen LogP contribution >= 0.6 is 0 Å². The van der Waals surface area contributed by atoms with Crippen molar-refractivity contribution in [1.82, 2.24) is 9.62 Å². The highest BCUT2D eigenvalue weighted by Gasteiger charge is 2.32. The zero-order valence-corrected chi connectivity index (χ0v) is 16.8. The van der Waals surface area contributed by atoms with E-state index in [9.17, 15) is 13.2 Å². The maximum Gasteiger partial charge on any atom is 0.243 e. The second-order valence-electron chi connectivity index (χ2n) is 7.23. The van der Waals surface area contributed by atoms with E-state index in [1.807, 2.05) is 24.3 Å². The zero-order chi connectivity index (χ0) is 20.3. The van der Waals surface area contributed by atoms with E-state index in [1.165, 1.54) is 4.31 Å². The van der Waals surface area contributed by atoms with Crippen molar-refractivity contribution in [2.24, 2.45) is 5.92 Å². The molecule has 2 aromatic rings. The van der Waals surface area contributed by atoms with Gasteiger partial charge in [0.25, 0.3) is 0 Å². The Bertz CT molecular complexity index is 956. The largest absolute Gasteiger partial charge is 0.486 e. The van der Waals surface area contributed by atoms with Gasteiger partial charge in [0.15, 0.2) is 11.5 Å². The van der Waals surface area contributed by atoms with Gasteiger partial charge in [-0.25, -0.2) is 8.42 Å². The number of nitrogens with one attached hydrogen (secondary N) is 1. The molecule has 0 unspecified atom stereocenters. The summed E-state index contributed by atoms with van der Waals surface area (Å²) >= 11 is 0. The standard InChI is InChI=1S/C21H24N2O5S/c24-21(22-14-17-15-27-19-8-4-5-9-20(19)28-17)16-10-12-23(13-11-16)29(25,26)18-6-2-1-3-7-18/h1-9,16-17H,10-15H2,(H,22,24)/t17-/m1/s1. The number of benzene rings is 2. The van der Waals surface area contributed by atoms with Gasteiger partial charge in [-0.2, -0.15) is 4.31 Å². The highest BCUT2D eigenvalue weighted by Crippen LogP contribution is 2.30. The van der Waals surface area contributed by atoms with Crippen LogP contribution in [0.2, 0.25) is 0 Å². The molecule has 0 aromatic heterocycles. The normalized spacial score (nSPS) is 20.2. The topological polar surface area (TPSA) is 84.9 Å². The van der Waals surface area contributed by atoms with E-state index >= 15 is 0 Å². The average molecular weight is 416 g/mol. The van der Waals surface area contributed by atoms with Crippen LogP contribution in [-0.4, -0.2) is 51.0 Å². The number of para-hydroxylation sites is 2. The molecule has 8 heteroatoms. The fourth-order valence-corrected chi connectivity index (χ4v) is 5.11. The van der Waals surface area contributed by atoms with Crippen molar-refractivity contribution < 1.29 is 22.7 Å². The Morgan fingerprint density at radius 2 is 1.66 bits per heavy atom. The highest BCUT2D eigenvalue weighted by molar-refractivity contribution is 7.89. The zero-order valence-electron chi connectivity index (χ0n) is 16.0. The number of fused-ring (bicyclic) bond motifs is 1. The Morgan fingerprint density at radius 1 is 1.00 bits per heavy atom. The summed E-state index contributed by atoms with van der Waals surface area (Å²) in [6, 6.07) is 15.8. The van der Waals surface area contributed by atoms with Crippen molar-refractivity contribution in [3.63, 3.8) is 0 Å². The van der Waals surface area contributed by atoms with E-state index in [1.54, 1.807) is 30.3 Å². The molecule has 1 saturated heterocycles. The quantitative estimate of drug-likeness (QED) is 0.806. The van der Waals surface area contributed by atoms with Crippen molar-refractivity contribution >= 4 is 15.9 Å². The van der Waals surface area contributed by atoms with Crippen LogP contribution in [0.4, 0.5) is 0 Å². The monoisotopic (exact) mass is 416 g/mol. The van der Waals surface area contributed by atoms with Gasteiger partial charge < -0.3 is 14.8 Å². The third kappa shape index (κ3) is 4.38. The summed E-state index contributed by atoms with van der Waals surface area (Å²) < 4.78 is 38.4. The van der Waals surface area contributed by atoms with Crippen LogP contribution in [0.1, 0.15) is 12.8 Å². The van der Waals surface area contributed by atoms with Gasteiger partial charge in [0.1, 0.15) is 12.7 Å². The van der Waals surface area contributed by atoms with Crippen LogP contribution in [0, 0.1) is 5.92 Å². The number of amides is 1. The van der Waals surface area contributed by atoms with E-state index in [-0.39, 0.29) is 22.8 Å². The van der Waals surface area contributed by atoms with Gasteiger partial charge in [-0.15, -0.1) is 0 Å². The molecule has 154 valence electrons. The van der Waals surface area contributed by atoms with Gasteiger partial charge in [0, 0.05) is 19.0 Å². The number of carbonyl (C=O) groups is 1. The Morgan fingerprint density at radius 3 is 2.38 bits per heavy atom. The van der Waals surface area contributed by atoms with E-state index < -0.39 is 10.0 Å². The Balaban J connectivity index is 1.27. The molecule has 1 atom stereocenters. The summed E-state index contributed by atoms with van der Waals surface area (Å²) in [5.74, 6) is 1.12. The minimum atomic E-state index is -3.50. The van der Waals surface area contributed by atoms with Crippen LogP contribution < -0.4 is 14.8 Å². The maximum atomic E-state index is 12.7. The molecule has 2 aromatic carbocycles. The van der Waals surface area contributed by atoms with E-state index in [0.29, 0.717) is 50.6 Å². The van der Waals surface area contributed by atoms with E-state index in [4.69, 9.17) is 9.47 Å². The molecule has 7 nitrogen and oxygen atoms in total. The van der Waals surface area contributed by atoms with Gasteiger partial charge in [-0.3, -0.25) is 4.79 Å². The lowest BCUT2D eigenvalue weighted by Crippen LogP contribution is -2.46. The number of carbonyl (C=O) groups excluding carboxylic acids is 1. The van der Waals surface area contributed by atoms with Crippen LogP contribution in [0.25, 0.3) is 0 Å². The number of rotatable bonds is 5. The first-order valence-corrected chi connectivity index (χ1v) is 11.2. The average Bonchev–Trinajstić information content (AvgIpc) is 2.78. The van der Waals surface area contributed by atoms with Crippen molar-refractivity contribution in [1.29, 1.82) is 0 Å². The Labute approximate surface area is 170 Å². The first kappa shape index (κ1) is 19.7. The molecule has 29 heavy (non-hydrogen) atoms. The molecule has 0 saturated carbocycles. The fraction of sp³-hybridized carbons (Fsp3) is 0.381. The van der Waals surface area contributed by atoms with Crippen molar-refractivity contribution in [2.75, 3.05) is 26.2 Å². The van der Waals surface area contributed by atoms with Crippen LogP contribution in [0.3, 0.4) is 0 Å². The lowest BCUT2D eigenvalue weighted by Gasteiger charge is -2.31. The second-order valence-corrected chi connectivity index (χ2v) is 9.17. The fourth-order valence-electron chi connectivity index (χ4n) is 3.62. The third-order valence-corrected chi connectivity index (χ3v) is 7.19. The molecular formula is C21H24N2O5S. The molecule has 1 amide bonds. The van der Waals surface area contributed by atoms with Gasteiger partial charge in [-0.1, -0.05) is 30.3 Å². The first-order valence-electron chi connectivity index (χ1n) is 9.75. The van der Waals surface area contributed by atoms with Crippen molar-refractivity contribution in [3.8, 4) is 11.5 Å². The molecule has 0 bridgehead atoms. The van der Waals surface area contributed by atoms with Crippen LogP contribution in [0.5, 0.6) is 11.5 Å². The SMILES string of the molecule is O=C(NC[C@@H]1COc2ccccc2O1)C1CCN(S(=O)(=O)c2ccccc2)CC1. The van der Waals surface area contributed by atoms with E-state index in [2.05, 4.69) is 5.32 Å². The lowest BCUT2D eigenvalue weighted by atomic mass is 9.97. The molecule has 0 aliphatic carbocycles. The molecule has 2 aliphatic heterocycles. The summed E-state index contributed by atoms with van der Waals surface area (Å²) in [6.07, 6.45) is 0.762. The number of hydrogen-bond acceptors (Lipinski definition) is 5. The van der Waals surface area contributed by atoms with Gasteiger partial charge in [0.05, 0.1) is 11.4 Å². The summed E-state index contributed by atoms with van der Waals surface area (Å²) in [6.45, 7) is 1.41. The van der Waals surface area contributed by atoms with Crippen molar-refractivity contribution in [2.45, 2.75) is 23.8 Å². The number of ether oxygens (including phenoxy) is 2. The minimum absolute atomic E-state index is 0.0655. The number of piperidine rings is 1. The summed E-state index contributed by atoms with van der Waals surface area (Å²) in [4.78, 5) is 12.8. The molecule has 2 heterocycles. The Kier molecular flexibility index (Phi) is 5.73. The van der Waals surface area contributed by atoms with Gasteiger partial charge >= 0.3 is 0 Å². The summed E-state index contributed by atoms with van der Waals surface area (Å²) in [5.41, 5.74) is 0. The lowest BCUT2D eigenvalue weighted by molar-refractivity contribution is -0.126. The predicted octanol–water partition coefficient (Wildman–Crippen LogP) is 2.04. The molecule has 2 aliphatic rings. The van der Waals surface area contributed by atoms with E-state index in [0.717, 1.165) is 0 Å². The van der Waals surface area contributed by atoms with Crippen LogP contribution in [-0.2, 0) is 14.8 Å².